The van der Waals surface area contributed by atoms with Gasteiger partial charge in [0.1, 0.15) is 0 Å². The Bertz CT molecular complexity index is 561. The minimum atomic E-state index is -0.365. The lowest BCUT2D eigenvalue weighted by Gasteiger charge is -2.04. The third-order valence-electron chi connectivity index (χ3n) is 3.75. The molecule has 0 heterocycles. The molecule has 1 aromatic rings. The van der Waals surface area contributed by atoms with Crippen LogP contribution in [0.5, 0.6) is 0 Å². The molecule has 25 heavy (non-hydrogen) atoms. The van der Waals surface area contributed by atoms with Gasteiger partial charge in [-0.3, -0.25) is 9.59 Å². The van der Waals surface area contributed by atoms with Crippen LogP contribution in [0.25, 0.3) is 0 Å². The molecule has 0 aliphatic carbocycles. The molecule has 0 aliphatic rings. The quantitative estimate of drug-likeness (QED) is 0.333. The zero-order valence-corrected chi connectivity index (χ0v) is 15.6. The maximum atomic E-state index is 11.7. The van der Waals surface area contributed by atoms with Crippen LogP contribution in [0.1, 0.15) is 63.9 Å². The van der Waals surface area contributed by atoms with Crippen LogP contribution in [0, 0.1) is 0 Å². The van der Waals surface area contributed by atoms with Crippen LogP contribution < -0.4 is 10.7 Å². The zero-order valence-electron chi connectivity index (χ0n) is 14.9. The van der Waals surface area contributed by atoms with Gasteiger partial charge in [-0.05, 0) is 12.5 Å². The average Bonchev–Trinajstić information content (AvgIpc) is 2.61. The Kier molecular flexibility index (Phi) is 11.4. The van der Waals surface area contributed by atoms with Gasteiger partial charge in [-0.2, -0.15) is 5.10 Å². The van der Waals surface area contributed by atoms with E-state index in [0.717, 1.165) is 12.8 Å². The number of carbonyl (C=O) groups is 2. The van der Waals surface area contributed by atoms with Gasteiger partial charge in [0.05, 0.1) is 12.8 Å². The number of amides is 2. The number of benzene rings is 1. The molecule has 138 valence electrons. The Morgan fingerprint density at radius 1 is 1.04 bits per heavy atom. The summed E-state index contributed by atoms with van der Waals surface area (Å²) in [7, 11) is 0. The van der Waals surface area contributed by atoms with Crippen molar-refractivity contribution >= 4 is 29.6 Å². The second kappa shape index (κ2) is 13.4. The predicted octanol–water partition coefficient (Wildman–Crippen LogP) is 4.05. The van der Waals surface area contributed by atoms with Crippen LogP contribution in [-0.2, 0) is 9.59 Å². The third kappa shape index (κ3) is 10.6. The fraction of sp³-hybridized carbons (Fsp3) is 0.526. The fourth-order valence-electron chi connectivity index (χ4n) is 2.30. The third-order valence-corrected chi connectivity index (χ3v) is 4.10. The number of unbranched alkanes of at least 4 members (excludes halogenated alkanes) is 6. The summed E-state index contributed by atoms with van der Waals surface area (Å²) in [5.41, 5.74) is 3.08. The molecule has 2 amide bonds. The number of carbonyl (C=O) groups excluding carboxylic acids is 2. The number of hydrazone groups is 1. The van der Waals surface area contributed by atoms with E-state index < -0.39 is 0 Å². The van der Waals surface area contributed by atoms with Crippen LogP contribution in [0.2, 0.25) is 5.02 Å². The molecule has 0 atom stereocenters. The van der Waals surface area contributed by atoms with Crippen molar-refractivity contribution in [2.24, 2.45) is 5.10 Å². The van der Waals surface area contributed by atoms with E-state index in [-0.39, 0.29) is 18.4 Å². The van der Waals surface area contributed by atoms with Gasteiger partial charge in [0.2, 0.25) is 5.91 Å². The molecule has 0 saturated carbocycles. The SMILES string of the molecule is CCCCCCCCCC(=O)NCC(=O)N/N=C/c1ccccc1Cl. The topological polar surface area (TPSA) is 70.6 Å². The molecule has 0 aliphatic heterocycles. The first-order valence-corrected chi connectivity index (χ1v) is 9.34. The van der Waals surface area contributed by atoms with E-state index in [1.165, 1.54) is 38.3 Å². The standard InChI is InChI=1S/C19H28ClN3O2/c1-2-3-4-5-6-7-8-13-18(24)21-15-19(25)23-22-14-16-11-9-10-12-17(16)20/h9-12,14H,2-8,13,15H2,1H3,(H,21,24)(H,23,25)/b22-14+. The van der Waals surface area contributed by atoms with Crippen molar-refractivity contribution < 1.29 is 9.59 Å². The van der Waals surface area contributed by atoms with E-state index in [2.05, 4.69) is 22.8 Å². The second-order valence-corrected chi connectivity index (χ2v) is 6.37. The first kappa shape index (κ1) is 21.2. The van der Waals surface area contributed by atoms with Crippen LogP contribution in [0.3, 0.4) is 0 Å². The van der Waals surface area contributed by atoms with E-state index >= 15 is 0 Å². The van der Waals surface area contributed by atoms with Crippen molar-refractivity contribution in [1.29, 1.82) is 0 Å². The largest absolute Gasteiger partial charge is 0.347 e. The number of hydrogen-bond donors (Lipinski definition) is 2. The number of halogens is 1. The maximum Gasteiger partial charge on any atom is 0.259 e. The summed E-state index contributed by atoms with van der Waals surface area (Å²) in [6.07, 6.45) is 10.1. The van der Waals surface area contributed by atoms with E-state index in [0.29, 0.717) is 17.0 Å². The van der Waals surface area contributed by atoms with E-state index in [1.807, 2.05) is 12.1 Å². The van der Waals surface area contributed by atoms with Gasteiger partial charge in [0.25, 0.3) is 5.91 Å². The summed E-state index contributed by atoms with van der Waals surface area (Å²) in [5, 5.41) is 6.99. The lowest BCUT2D eigenvalue weighted by Crippen LogP contribution is -2.34. The highest BCUT2D eigenvalue weighted by Gasteiger charge is 2.04. The van der Waals surface area contributed by atoms with Crippen LogP contribution >= 0.6 is 11.6 Å². The van der Waals surface area contributed by atoms with Crippen LogP contribution in [-0.4, -0.2) is 24.6 Å². The fourth-order valence-corrected chi connectivity index (χ4v) is 2.49. The van der Waals surface area contributed by atoms with Crippen molar-refractivity contribution in [2.75, 3.05) is 6.54 Å². The molecule has 0 radical (unpaired) electrons. The number of nitrogens with one attached hydrogen (secondary N) is 2. The Morgan fingerprint density at radius 3 is 2.44 bits per heavy atom. The molecule has 0 bridgehead atoms. The number of hydrogen-bond acceptors (Lipinski definition) is 3. The van der Waals surface area contributed by atoms with Crippen molar-refractivity contribution in [3.63, 3.8) is 0 Å². The summed E-state index contributed by atoms with van der Waals surface area (Å²) in [4.78, 5) is 23.3. The lowest BCUT2D eigenvalue weighted by molar-refractivity contribution is -0.126. The van der Waals surface area contributed by atoms with E-state index in [4.69, 9.17) is 11.6 Å². The number of rotatable bonds is 12. The minimum absolute atomic E-state index is 0.0742. The van der Waals surface area contributed by atoms with Gasteiger partial charge >= 0.3 is 0 Å². The van der Waals surface area contributed by atoms with Crippen LogP contribution in [0.15, 0.2) is 29.4 Å². The summed E-state index contributed by atoms with van der Waals surface area (Å²) < 4.78 is 0. The Labute approximate surface area is 155 Å². The zero-order chi connectivity index (χ0) is 18.3. The smallest absolute Gasteiger partial charge is 0.259 e. The average molecular weight is 366 g/mol. The van der Waals surface area contributed by atoms with Crippen molar-refractivity contribution in [3.8, 4) is 0 Å². The Morgan fingerprint density at radius 2 is 1.72 bits per heavy atom. The normalized spacial score (nSPS) is 10.8. The highest BCUT2D eigenvalue weighted by atomic mass is 35.5. The summed E-state index contributed by atoms with van der Waals surface area (Å²) in [5.74, 6) is -0.463. The highest BCUT2D eigenvalue weighted by Crippen LogP contribution is 2.12. The molecule has 0 fully saturated rings. The summed E-state index contributed by atoms with van der Waals surface area (Å²) >= 11 is 5.98. The summed E-state index contributed by atoms with van der Waals surface area (Å²) in [6, 6.07) is 7.19. The Hall–Kier alpha value is -1.88. The molecule has 0 spiro atoms. The molecule has 6 heteroatoms. The molecule has 0 unspecified atom stereocenters. The van der Waals surface area contributed by atoms with Gasteiger partial charge in [-0.15, -0.1) is 0 Å². The minimum Gasteiger partial charge on any atom is -0.347 e. The van der Waals surface area contributed by atoms with Gasteiger partial charge in [0.15, 0.2) is 0 Å². The van der Waals surface area contributed by atoms with Crippen molar-refractivity contribution in [2.45, 2.75) is 58.3 Å². The van der Waals surface area contributed by atoms with Crippen molar-refractivity contribution in [3.05, 3.63) is 34.9 Å². The monoisotopic (exact) mass is 365 g/mol. The van der Waals surface area contributed by atoms with Gasteiger partial charge in [0, 0.05) is 17.0 Å². The molecule has 0 saturated heterocycles. The van der Waals surface area contributed by atoms with Gasteiger partial charge in [-0.25, -0.2) is 5.43 Å². The number of nitrogens with zero attached hydrogens (tertiary/aromatic N) is 1. The molecular weight excluding hydrogens is 338 g/mol. The van der Waals surface area contributed by atoms with Gasteiger partial charge < -0.3 is 5.32 Å². The molecule has 1 rings (SSSR count). The second-order valence-electron chi connectivity index (χ2n) is 5.96. The molecule has 5 nitrogen and oxygen atoms in total. The highest BCUT2D eigenvalue weighted by molar-refractivity contribution is 6.33. The maximum absolute atomic E-state index is 11.7. The first-order chi connectivity index (χ1) is 12.1. The molecule has 0 aromatic heterocycles. The Balaban J connectivity index is 2.09. The van der Waals surface area contributed by atoms with E-state index in [1.54, 1.807) is 12.1 Å². The molecule has 1 aromatic carbocycles. The first-order valence-electron chi connectivity index (χ1n) is 8.96. The molecule has 2 N–H and O–H groups in total. The lowest BCUT2D eigenvalue weighted by atomic mass is 10.1. The van der Waals surface area contributed by atoms with Crippen molar-refractivity contribution in [1.82, 2.24) is 10.7 Å². The predicted molar refractivity (Wildman–Crippen MR) is 103 cm³/mol. The van der Waals surface area contributed by atoms with Crippen LogP contribution in [0.4, 0.5) is 0 Å². The van der Waals surface area contributed by atoms with Gasteiger partial charge in [-0.1, -0.05) is 75.2 Å². The summed E-state index contributed by atoms with van der Waals surface area (Å²) in [6.45, 7) is 2.12. The van der Waals surface area contributed by atoms with E-state index in [9.17, 15) is 9.59 Å². The molecular formula is C19H28ClN3O2.